The van der Waals surface area contributed by atoms with Gasteiger partial charge in [0.2, 0.25) is 0 Å². The molecule has 2 aromatic rings. The zero-order valence-electron chi connectivity index (χ0n) is 7.82. The number of halogens is 3. The fourth-order valence-corrected chi connectivity index (χ4v) is 1.33. The van der Waals surface area contributed by atoms with Crippen molar-refractivity contribution in [2.75, 3.05) is 0 Å². The van der Waals surface area contributed by atoms with Gasteiger partial charge in [0.15, 0.2) is 0 Å². The van der Waals surface area contributed by atoms with E-state index in [9.17, 15) is 18.0 Å². The van der Waals surface area contributed by atoms with E-state index in [0.29, 0.717) is 5.65 Å². The first-order chi connectivity index (χ1) is 7.47. The molecule has 7 heteroatoms. The van der Waals surface area contributed by atoms with Crippen LogP contribution < -0.4 is 5.32 Å². The van der Waals surface area contributed by atoms with Gasteiger partial charge in [0.1, 0.15) is 11.3 Å². The van der Waals surface area contributed by atoms with Gasteiger partial charge >= 0.3 is 6.30 Å². The van der Waals surface area contributed by atoms with Gasteiger partial charge in [0.25, 0.3) is 5.91 Å². The lowest BCUT2D eigenvalue weighted by Crippen LogP contribution is -2.37. The molecule has 0 bridgehead atoms. The molecule has 84 valence electrons. The Labute approximate surface area is 87.7 Å². The van der Waals surface area contributed by atoms with Crippen molar-refractivity contribution in [1.29, 1.82) is 0 Å². The number of hydrogen-bond donors (Lipinski definition) is 1. The first-order valence-corrected chi connectivity index (χ1v) is 4.29. The molecule has 1 amide bonds. The quantitative estimate of drug-likeness (QED) is 0.754. The first kappa shape index (κ1) is 10.5. The Hall–Kier alpha value is -2.05. The van der Waals surface area contributed by atoms with Crippen molar-refractivity contribution < 1.29 is 18.0 Å². The lowest BCUT2D eigenvalue weighted by molar-refractivity contribution is -0.146. The molecule has 0 spiro atoms. The van der Waals surface area contributed by atoms with E-state index >= 15 is 0 Å². The number of carbonyl (C=O) groups is 1. The molecule has 0 atom stereocenters. The smallest absolute Gasteiger partial charge is 0.295 e. The zero-order valence-corrected chi connectivity index (χ0v) is 7.82. The van der Waals surface area contributed by atoms with Crippen molar-refractivity contribution in [3.8, 4) is 0 Å². The number of amides is 1. The summed E-state index contributed by atoms with van der Waals surface area (Å²) < 4.78 is 37.2. The highest BCUT2D eigenvalue weighted by Gasteiger charge is 2.31. The minimum atomic E-state index is -4.74. The Kier molecular flexibility index (Phi) is 2.30. The van der Waals surface area contributed by atoms with E-state index in [1.807, 2.05) is 0 Å². The number of pyridine rings is 1. The average Bonchev–Trinajstić information content (AvgIpc) is 2.61. The third-order valence-corrected chi connectivity index (χ3v) is 1.92. The summed E-state index contributed by atoms with van der Waals surface area (Å²) in [5.41, 5.74) is 0.294. The molecule has 1 N–H and O–H groups in total. The second kappa shape index (κ2) is 3.51. The largest absolute Gasteiger partial charge is 0.484 e. The number of aromatic nitrogens is 2. The number of carbonyl (C=O) groups excluding carboxylic acids is 1. The molecule has 0 unspecified atom stereocenters. The van der Waals surface area contributed by atoms with Gasteiger partial charge in [-0.2, -0.15) is 13.2 Å². The number of rotatable bonds is 1. The van der Waals surface area contributed by atoms with Gasteiger partial charge in [-0.05, 0) is 12.1 Å². The summed E-state index contributed by atoms with van der Waals surface area (Å²) in [4.78, 5) is 15.2. The summed E-state index contributed by atoms with van der Waals surface area (Å²) in [6.45, 7) is 0. The van der Waals surface area contributed by atoms with Gasteiger partial charge in [-0.3, -0.25) is 14.5 Å². The SMILES string of the molecule is O=C(NC(F)(F)F)c1cccc2nccn12. The number of hydrogen-bond acceptors (Lipinski definition) is 2. The van der Waals surface area contributed by atoms with Crippen LogP contribution in [0.3, 0.4) is 0 Å². The second-order valence-electron chi connectivity index (χ2n) is 3.02. The normalized spacial score (nSPS) is 11.7. The van der Waals surface area contributed by atoms with Crippen LogP contribution in [0.15, 0.2) is 30.6 Å². The molecule has 0 saturated heterocycles. The van der Waals surface area contributed by atoms with Gasteiger partial charge in [0, 0.05) is 12.4 Å². The Bertz CT molecular complexity index is 532. The second-order valence-corrected chi connectivity index (χ2v) is 3.02. The lowest BCUT2D eigenvalue weighted by Gasteiger charge is -2.09. The van der Waals surface area contributed by atoms with E-state index in [0.717, 1.165) is 5.32 Å². The Morgan fingerprint density at radius 1 is 1.38 bits per heavy atom. The molecule has 16 heavy (non-hydrogen) atoms. The third-order valence-electron chi connectivity index (χ3n) is 1.92. The van der Waals surface area contributed by atoms with Crippen LogP contribution in [-0.2, 0) is 0 Å². The van der Waals surface area contributed by atoms with Crippen LogP contribution in [0, 0.1) is 0 Å². The molecule has 2 heterocycles. The van der Waals surface area contributed by atoms with Crippen molar-refractivity contribution in [2.45, 2.75) is 6.30 Å². The van der Waals surface area contributed by atoms with E-state index in [1.165, 1.54) is 28.9 Å². The van der Waals surface area contributed by atoms with Crippen molar-refractivity contribution in [3.63, 3.8) is 0 Å². The highest BCUT2D eigenvalue weighted by molar-refractivity contribution is 5.93. The van der Waals surface area contributed by atoms with Crippen molar-refractivity contribution >= 4 is 11.6 Å². The summed E-state index contributed by atoms with van der Waals surface area (Å²) in [7, 11) is 0. The predicted molar refractivity (Wildman–Crippen MR) is 48.7 cm³/mol. The number of nitrogens with one attached hydrogen (secondary N) is 1. The van der Waals surface area contributed by atoms with Gasteiger partial charge in [-0.1, -0.05) is 6.07 Å². The van der Waals surface area contributed by atoms with E-state index in [1.54, 1.807) is 6.07 Å². The molecular formula is C9H6F3N3O. The van der Waals surface area contributed by atoms with Crippen LogP contribution in [0.5, 0.6) is 0 Å². The maximum Gasteiger partial charge on any atom is 0.484 e. The Morgan fingerprint density at radius 2 is 2.12 bits per heavy atom. The van der Waals surface area contributed by atoms with E-state index in [-0.39, 0.29) is 5.69 Å². The molecule has 0 radical (unpaired) electrons. The molecule has 4 nitrogen and oxygen atoms in total. The van der Waals surface area contributed by atoms with Crippen molar-refractivity contribution in [2.24, 2.45) is 0 Å². The van der Waals surface area contributed by atoms with Gasteiger partial charge in [0.05, 0.1) is 0 Å². The summed E-state index contributed by atoms with van der Waals surface area (Å²) >= 11 is 0. The average molecular weight is 229 g/mol. The molecule has 0 fully saturated rings. The summed E-state index contributed by atoms with van der Waals surface area (Å²) in [5, 5.41) is 0.930. The summed E-state index contributed by atoms with van der Waals surface area (Å²) in [6.07, 6.45) is -1.92. The monoisotopic (exact) mass is 229 g/mol. The predicted octanol–water partition coefficient (Wildman–Crippen LogP) is 1.58. The van der Waals surface area contributed by atoms with E-state index in [2.05, 4.69) is 4.98 Å². The van der Waals surface area contributed by atoms with Crippen LogP contribution >= 0.6 is 0 Å². The third kappa shape index (κ3) is 1.97. The molecule has 0 aromatic carbocycles. The van der Waals surface area contributed by atoms with Crippen LogP contribution in [0.4, 0.5) is 13.2 Å². The number of nitrogens with zero attached hydrogens (tertiary/aromatic N) is 2. The summed E-state index contributed by atoms with van der Waals surface area (Å²) in [5.74, 6) is -1.21. The van der Waals surface area contributed by atoms with E-state index in [4.69, 9.17) is 0 Å². The number of fused-ring (bicyclic) bond motifs is 1. The van der Waals surface area contributed by atoms with Gasteiger partial charge in [-0.15, -0.1) is 0 Å². The van der Waals surface area contributed by atoms with Crippen LogP contribution in [0.2, 0.25) is 0 Å². The highest BCUT2D eigenvalue weighted by Crippen LogP contribution is 2.12. The molecule has 2 rings (SSSR count). The van der Waals surface area contributed by atoms with Gasteiger partial charge < -0.3 is 0 Å². The number of imidazole rings is 1. The van der Waals surface area contributed by atoms with Crippen molar-refractivity contribution in [1.82, 2.24) is 14.7 Å². The zero-order chi connectivity index (χ0) is 11.8. The topological polar surface area (TPSA) is 46.4 Å². The maximum atomic E-state index is 12.0. The van der Waals surface area contributed by atoms with Crippen LogP contribution in [-0.4, -0.2) is 21.6 Å². The van der Waals surface area contributed by atoms with E-state index < -0.39 is 12.2 Å². The lowest BCUT2D eigenvalue weighted by atomic mass is 10.3. The van der Waals surface area contributed by atoms with Crippen LogP contribution in [0.1, 0.15) is 10.5 Å². The Balaban J connectivity index is 2.40. The molecule has 0 aliphatic rings. The fourth-order valence-electron chi connectivity index (χ4n) is 1.33. The van der Waals surface area contributed by atoms with Crippen molar-refractivity contribution in [3.05, 3.63) is 36.3 Å². The number of alkyl halides is 3. The highest BCUT2D eigenvalue weighted by atomic mass is 19.4. The molecule has 0 saturated carbocycles. The minimum Gasteiger partial charge on any atom is -0.295 e. The standard InChI is InChI=1S/C9H6F3N3O/c10-9(11,12)14-8(16)6-2-1-3-7-13-4-5-15(6)7/h1-5H,(H,14,16). The molecule has 0 aliphatic carbocycles. The molecule has 0 aliphatic heterocycles. The molecular weight excluding hydrogens is 223 g/mol. The molecule has 2 aromatic heterocycles. The summed E-state index contributed by atoms with van der Waals surface area (Å²) in [6, 6.07) is 4.34. The first-order valence-electron chi connectivity index (χ1n) is 4.29. The maximum absolute atomic E-state index is 12.0. The fraction of sp³-hybridized carbons (Fsp3) is 0.111. The van der Waals surface area contributed by atoms with Gasteiger partial charge in [-0.25, -0.2) is 4.98 Å². The Morgan fingerprint density at radius 3 is 2.81 bits per heavy atom. The van der Waals surface area contributed by atoms with Crippen LogP contribution in [0.25, 0.3) is 5.65 Å². The minimum absolute atomic E-state index is 0.118.